The molecule has 1 rings (SSSR count). The van der Waals surface area contributed by atoms with Gasteiger partial charge in [0.1, 0.15) is 0 Å². The first-order valence-electron chi connectivity index (χ1n) is 5.12. The number of hydrogen-bond acceptors (Lipinski definition) is 2. The van der Waals surface area contributed by atoms with Crippen LogP contribution in [0.1, 0.15) is 5.56 Å². The molecular formula is C11H7ClF6N2. The van der Waals surface area contributed by atoms with Crippen molar-refractivity contribution >= 4 is 17.3 Å². The highest BCUT2D eigenvalue weighted by Gasteiger charge is 2.39. The van der Waals surface area contributed by atoms with Crippen LogP contribution in [0.3, 0.4) is 0 Å². The SMILES string of the molecule is N#CC(CNc1ccc(C(F)(F)F)cc1Cl)C(F)(F)F. The second-order valence-corrected chi connectivity index (χ2v) is 4.20. The van der Waals surface area contributed by atoms with Crippen LogP contribution in [0.25, 0.3) is 0 Å². The maximum absolute atomic E-state index is 12.4. The molecule has 0 amide bonds. The number of rotatable bonds is 3. The topological polar surface area (TPSA) is 35.8 Å². The third kappa shape index (κ3) is 4.20. The highest BCUT2D eigenvalue weighted by Crippen LogP contribution is 2.34. The van der Waals surface area contributed by atoms with E-state index in [9.17, 15) is 26.3 Å². The molecule has 1 unspecified atom stereocenters. The standard InChI is InChI=1S/C11H7ClF6N2/c12-8-3-6(10(13,14)15)1-2-9(8)20-5-7(4-19)11(16,17)18/h1-3,7,20H,5H2. The third-order valence-electron chi connectivity index (χ3n) is 2.34. The van der Waals surface area contributed by atoms with Crippen molar-refractivity contribution in [2.24, 2.45) is 5.92 Å². The van der Waals surface area contributed by atoms with Crippen molar-refractivity contribution < 1.29 is 26.3 Å². The summed E-state index contributed by atoms with van der Waals surface area (Å²) in [5.74, 6) is -2.28. The maximum Gasteiger partial charge on any atom is 0.416 e. The van der Waals surface area contributed by atoms with Gasteiger partial charge in [-0.3, -0.25) is 0 Å². The second kappa shape index (κ2) is 5.79. The molecule has 20 heavy (non-hydrogen) atoms. The van der Waals surface area contributed by atoms with E-state index < -0.39 is 30.4 Å². The Labute approximate surface area is 114 Å². The van der Waals surface area contributed by atoms with E-state index in [-0.39, 0.29) is 10.7 Å². The number of alkyl halides is 6. The van der Waals surface area contributed by atoms with Gasteiger partial charge < -0.3 is 5.32 Å². The number of nitrogens with one attached hydrogen (secondary N) is 1. The molecule has 2 nitrogen and oxygen atoms in total. The van der Waals surface area contributed by atoms with Crippen LogP contribution in [-0.2, 0) is 6.18 Å². The van der Waals surface area contributed by atoms with Gasteiger partial charge in [0.15, 0.2) is 5.92 Å². The van der Waals surface area contributed by atoms with Gasteiger partial charge in [0.25, 0.3) is 0 Å². The number of hydrogen-bond donors (Lipinski definition) is 1. The number of nitrogens with zero attached hydrogens (tertiary/aromatic N) is 1. The van der Waals surface area contributed by atoms with Gasteiger partial charge in [-0.1, -0.05) is 11.6 Å². The third-order valence-corrected chi connectivity index (χ3v) is 2.66. The van der Waals surface area contributed by atoms with Gasteiger partial charge >= 0.3 is 12.4 Å². The molecule has 1 aromatic carbocycles. The van der Waals surface area contributed by atoms with Gasteiger partial charge in [0.05, 0.1) is 22.3 Å². The number of anilines is 1. The molecule has 1 atom stereocenters. The Morgan fingerprint density at radius 2 is 1.80 bits per heavy atom. The van der Waals surface area contributed by atoms with E-state index >= 15 is 0 Å². The molecule has 0 bridgehead atoms. The zero-order valence-corrected chi connectivity index (χ0v) is 10.4. The quantitative estimate of drug-likeness (QED) is 0.835. The first-order valence-corrected chi connectivity index (χ1v) is 5.50. The van der Waals surface area contributed by atoms with Gasteiger partial charge in [-0.15, -0.1) is 0 Å². The molecule has 0 saturated heterocycles. The van der Waals surface area contributed by atoms with Gasteiger partial charge in [-0.05, 0) is 18.2 Å². The van der Waals surface area contributed by atoms with Crippen molar-refractivity contribution in [3.63, 3.8) is 0 Å². The van der Waals surface area contributed by atoms with Crippen molar-refractivity contribution in [2.45, 2.75) is 12.4 Å². The van der Waals surface area contributed by atoms with Crippen LogP contribution < -0.4 is 5.32 Å². The minimum atomic E-state index is -4.72. The molecule has 0 saturated carbocycles. The van der Waals surface area contributed by atoms with Crippen molar-refractivity contribution in [3.05, 3.63) is 28.8 Å². The lowest BCUT2D eigenvalue weighted by Gasteiger charge is -2.16. The molecule has 0 aliphatic heterocycles. The summed E-state index contributed by atoms with van der Waals surface area (Å²) in [5, 5.41) is 10.2. The average molecular weight is 317 g/mol. The summed E-state index contributed by atoms with van der Waals surface area (Å²) < 4.78 is 74.0. The number of nitriles is 1. The summed E-state index contributed by atoms with van der Waals surface area (Å²) >= 11 is 5.55. The molecule has 9 heteroatoms. The summed E-state index contributed by atoms with van der Waals surface area (Å²) in [4.78, 5) is 0. The van der Waals surface area contributed by atoms with E-state index in [1.54, 1.807) is 0 Å². The largest absolute Gasteiger partial charge is 0.416 e. The number of benzene rings is 1. The Morgan fingerprint density at radius 3 is 2.20 bits per heavy atom. The minimum Gasteiger partial charge on any atom is -0.382 e. The van der Waals surface area contributed by atoms with Crippen molar-refractivity contribution in [1.29, 1.82) is 5.26 Å². The van der Waals surface area contributed by atoms with Gasteiger partial charge in [0, 0.05) is 6.54 Å². The fraction of sp³-hybridized carbons (Fsp3) is 0.364. The lowest BCUT2D eigenvalue weighted by molar-refractivity contribution is -0.155. The normalized spacial score (nSPS) is 13.7. The van der Waals surface area contributed by atoms with Crippen LogP contribution >= 0.6 is 11.6 Å². The Balaban J connectivity index is 2.83. The summed E-state index contributed by atoms with van der Waals surface area (Å²) in [6.07, 6.45) is -9.32. The molecule has 0 aliphatic rings. The average Bonchev–Trinajstić information content (AvgIpc) is 2.28. The van der Waals surface area contributed by atoms with E-state index in [2.05, 4.69) is 5.32 Å². The molecule has 1 N–H and O–H groups in total. The molecule has 0 fully saturated rings. The smallest absolute Gasteiger partial charge is 0.382 e. The van der Waals surface area contributed by atoms with E-state index in [1.807, 2.05) is 0 Å². The van der Waals surface area contributed by atoms with Crippen LogP contribution in [0.15, 0.2) is 18.2 Å². The molecule has 0 aliphatic carbocycles. The van der Waals surface area contributed by atoms with Crippen LogP contribution in [0.4, 0.5) is 32.0 Å². The summed E-state index contributed by atoms with van der Waals surface area (Å²) in [7, 11) is 0. The van der Waals surface area contributed by atoms with Gasteiger partial charge in [-0.2, -0.15) is 31.6 Å². The second-order valence-electron chi connectivity index (χ2n) is 3.80. The maximum atomic E-state index is 12.4. The monoisotopic (exact) mass is 316 g/mol. The molecule has 0 heterocycles. The molecule has 0 radical (unpaired) electrons. The fourth-order valence-electron chi connectivity index (χ4n) is 1.28. The first-order chi connectivity index (χ1) is 9.05. The summed E-state index contributed by atoms with van der Waals surface area (Å²) in [6, 6.07) is 3.25. The van der Waals surface area contributed by atoms with E-state index in [4.69, 9.17) is 16.9 Å². The highest BCUT2D eigenvalue weighted by molar-refractivity contribution is 6.33. The van der Waals surface area contributed by atoms with E-state index in [0.29, 0.717) is 12.1 Å². The van der Waals surface area contributed by atoms with Crippen molar-refractivity contribution in [2.75, 3.05) is 11.9 Å². The summed E-state index contributed by atoms with van der Waals surface area (Å²) in [6.45, 7) is -0.801. The summed E-state index contributed by atoms with van der Waals surface area (Å²) in [5.41, 5.74) is -1.12. The predicted octanol–water partition coefficient (Wildman–Crippen LogP) is 4.47. The Kier molecular flexibility index (Phi) is 4.76. The molecular weight excluding hydrogens is 310 g/mol. The number of halogens is 7. The zero-order chi connectivity index (χ0) is 15.6. The lowest BCUT2D eigenvalue weighted by Crippen LogP contribution is -2.28. The Hall–Kier alpha value is -1.62. The fourth-order valence-corrected chi connectivity index (χ4v) is 1.53. The van der Waals surface area contributed by atoms with Crippen LogP contribution in [0.2, 0.25) is 5.02 Å². The van der Waals surface area contributed by atoms with E-state index in [1.165, 1.54) is 0 Å². The lowest BCUT2D eigenvalue weighted by atomic mass is 10.1. The van der Waals surface area contributed by atoms with E-state index in [0.717, 1.165) is 12.1 Å². The molecule has 110 valence electrons. The van der Waals surface area contributed by atoms with Crippen molar-refractivity contribution in [3.8, 4) is 6.07 Å². The van der Waals surface area contributed by atoms with Crippen LogP contribution in [-0.4, -0.2) is 12.7 Å². The highest BCUT2D eigenvalue weighted by atomic mass is 35.5. The zero-order valence-electron chi connectivity index (χ0n) is 9.61. The van der Waals surface area contributed by atoms with Crippen molar-refractivity contribution in [1.82, 2.24) is 0 Å². The predicted molar refractivity (Wildman–Crippen MR) is 60.1 cm³/mol. The van der Waals surface area contributed by atoms with Crippen LogP contribution in [0, 0.1) is 17.2 Å². The van der Waals surface area contributed by atoms with Gasteiger partial charge in [-0.25, -0.2) is 0 Å². The Bertz CT molecular complexity index is 517. The first kappa shape index (κ1) is 16.4. The van der Waals surface area contributed by atoms with Gasteiger partial charge in [0.2, 0.25) is 0 Å². The Morgan fingerprint density at radius 1 is 1.20 bits per heavy atom. The van der Waals surface area contributed by atoms with Crippen LogP contribution in [0.5, 0.6) is 0 Å². The molecule has 1 aromatic rings. The molecule has 0 aromatic heterocycles. The molecule has 0 spiro atoms. The minimum absolute atomic E-state index is 0.107.